The van der Waals surface area contributed by atoms with Crippen LogP contribution in [-0.4, -0.2) is 163 Å². The number of carbonyl (C=O) groups excluding carboxylic acids is 7. The van der Waals surface area contributed by atoms with Crippen LogP contribution >= 0.6 is 23.5 Å². The number of rotatable bonds is 30. The quantitative estimate of drug-likeness (QED) is 0.0234. The minimum absolute atomic E-state index is 0.0285. The predicted octanol–water partition coefficient (Wildman–Crippen LogP) is 9.15. The van der Waals surface area contributed by atoms with Gasteiger partial charge in [0.05, 0.1) is 69.1 Å². The molecule has 4 aromatic carbocycles. The molecular formula is C66H76N12O12S2. The van der Waals surface area contributed by atoms with Crippen LogP contribution in [0.15, 0.2) is 101 Å². The van der Waals surface area contributed by atoms with Crippen molar-refractivity contribution in [2.45, 2.75) is 89.9 Å². The van der Waals surface area contributed by atoms with E-state index < -0.39 is 23.9 Å². The number of carbonyl (C=O) groups is 7. The molecule has 7 amide bonds. The fourth-order valence-electron chi connectivity index (χ4n) is 10.4. The molecule has 1 aromatic heterocycles. The number of anilines is 4. The van der Waals surface area contributed by atoms with Crippen LogP contribution in [0.3, 0.4) is 0 Å². The summed E-state index contributed by atoms with van der Waals surface area (Å²) in [4.78, 5) is 115. The van der Waals surface area contributed by atoms with Gasteiger partial charge in [0.2, 0.25) is 35.5 Å². The average molecular weight is 1290 g/mol. The lowest BCUT2D eigenvalue weighted by Gasteiger charge is -2.24. The number of fused-ring (bicyclic) bond motifs is 4. The zero-order valence-electron chi connectivity index (χ0n) is 52.6. The summed E-state index contributed by atoms with van der Waals surface area (Å²) in [6.07, 6.45) is 13.5. The highest BCUT2D eigenvalue weighted by Gasteiger charge is 2.36. The van der Waals surface area contributed by atoms with Crippen LogP contribution in [0, 0.1) is 5.92 Å². The van der Waals surface area contributed by atoms with Gasteiger partial charge in [-0.25, -0.2) is 0 Å². The molecule has 6 N–H and O–H groups in total. The Labute approximate surface area is 542 Å². The number of benzene rings is 4. The number of thioether (sulfide) groups is 2. The lowest BCUT2D eigenvalue weighted by molar-refractivity contribution is -0.131. The first kappa shape index (κ1) is 67.0. The number of hydrogen-bond donors (Lipinski definition) is 6. The van der Waals surface area contributed by atoms with Crippen LogP contribution in [0.5, 0.6) is 28.7 Å². The van der Waals surface area contributed by atoms with Gasteiger partial charge < -0.3 is 60.1 Å². The molecule has 5 aromatic rings. The van der Waals surface area contributed by atoms with Gasteiger partial charge in [0.15, 0.2) is 23.0 Å². The first-order chi connectivity index (χ1) is 44.4. The van der Waals surface area contributed by atoms with Gasteiger partial charge in [0, 0.05) is 105 Å². The molecule has 0 aliphatic carbocycles. The van der Waals surface area contributed by atoms with Gasteiger partial charge >= 0.3 is 0 Å². The molecule has 0 spiro atoms. The lowest BCUT2D eigenvalue weighted by atomic mass is 10.0. The maximum absolute atomic E-state index is 14.2. The Bertz CT molecular complexity index is 3650. The number of aromatic nitrogens is 2. The average Bonchev–Trinajstić information content (AvgIpc) is 1.62. The molecule has 5 heterocycles. The largest absolute Gasteiger partial charge is 0.497 e. The van der Waals surface area contributed by atoms with E-state index in [2.05, 4.69) is 41.9 Å². The van der Waals surface area contributed by atoms with Gasteiger partial charge in [-0.15, -0.1) is 0 Å². The topological polar surface area (TPSA) is 295 Å². The molecule has 24 nitrogen and oxygen atoms in total. The number of nitrogens with zero attached hydrogens (tertiary/aromatic N) is 6. The van der Waals surface area contributed by atoms with Gasteiger partial charge in [0.25, 0.3) is 11.8 Å². The fraction of sp³-hybridized carbons (Fsp3) is 0.379. The van der Waals surface area contributed by atoms with E-state index in [1.54, 1.807) is 92.6 Å². The highest BCUT2D eigenvalue weighted by molar-refractivity contribution is 7.98. The Kier molecular flexibility index (Phi) is 23.0. The van der Waals surface area contributed by atoms with Crippen LogP contribution in [0.1, 0.15) is 97.6 Å². The summed E-state index contributed by atoms with van der Waals surface area (Å²) in [7, 11) is 4.65. The number of nitrogens with one attached hydrogen (secondary N) is 6. The molecule has 0 unspecified atom stereocenters. The van der Waals surface area contributed by atoms with Gasteiger partial charge in [-0.2, -0.15) is 33.5 Å². The zero-order chi connectivity index (χ0) is 65.4. The van der Waals surface area contributed by atoms with Crippen molar-refractivity contribution in [3.8, 4) is 28.7 Å². The summed E-state index contributed by atoms with van der Waals surface area (Å²) in [5.74, 6) is 1.55. The second-order valence-corrected chi connectivity index (χ2v) is 24.3. The summed E-state index contributed by atoms with van der Waals surface area (Å²) in [6.45, 7) is 5.92. The van der Waals surface area contributed by atoms with E-state index in [0.717, 1.165) is 28.0 Å². The van der Waals surface area contributed by atoms with E-state index in [9.17, 15) is 33.6 Å². The molecule has 0 saturated heterocycles. The molecule has 484 valence electrons. The standard InChI is InChI=1S/C66H76N12O12S2/c1-38(2)61(75-58(79)11-9-22-67-56-33-57(72-59(80)20-25-91-7)74-66(73-56)76-60(81)21-26-92-8)63(83)70-39(3)62(82)71-44-16-12-40(13-17-44)42-27-45-34-68-50-31-54(52(87-5)29-48(50)64(84)77(45)36-42)89-23-10-24-90-55-32-51-49(30-53(55)88-6)65(85)78-37-43(28-46(78)35-69-51)41-14-18-47(86-4)19-15-41/h12-19,29-39,45-46,61H,9-11,20-28H2,1-8H3,(H,70,83)(H,71,82)(H,75,79)(H3,67,72,73,74,76,80,81)/t39-,45-,46-,61-/m0/s1. The molecule has 4 aliphatic rings. The molecule has 0 fully saturated rings. The number of methoxy groups -OCH3 is 3. The molecule has 0 saturated carbocycles. The van der Waals surface area contributed by atoms with E-state index >= 15 is 0 Å². The fourth-order valence-corrected chi connectivity index (χ4v) is 11.2. The summed E-state index contributed by atoms with van der Waals surface area (Å²) >= 11 is 3.07. The molecule has 4 aliphatic heterocycles. The van der Waals surface area contributed by atoms with Crippen molar-refractivity contribution in [1.82, 2.24) is 30.4 Å². The SMILES string of the molecule is COc1ccc(C2=CN3C(=O)c4cc(OC)c(OCCCOc5cc6c(cc5OC)C(=O)N5C=C(c7ccc(NC(=O)[C@H](C)NC(=O)[C@@H](NC(=O)CCCNc8cc(NC(=O)CCSC)nc(NC(=O)CCSC)n8)C(C)C)cc7)C[C@H]5C=N6)cc4N=C[C@@H]3C2)cc1. The Morgan fingerprint density at radius 2 is 1.12 bits per heavy atom. The monoisotopic (exact) mass is 1290 g/mol. The number of amides is 7. The highest BCUT2D eigenvalue weighted by atomic mass is 32.2. The van der Waals surface area contributed by atoms with E-state index in [0.29, 0.717) is 101 Å². The van der Waals surface area contributed by atoms with Crippen molar-refractivity contribution >= 4 is 123 Å². The highest BCUT2D eigenvalue weighted by Crippen LogP contribution is 2.42. The molecule has 0 bridgehead atoms. The maximum Gasteiger partial charge on any atom is 0.260 e. The van der Waals surface area contributed by atoms with Crippen molar-refractivity contribution in [3.63, 3.8) is 0 Å². The maximum atomic E-state index is 14.2. The third kappa shape index (κ3) is 16.9. The second kappa shape index (κ2) is 31.5. The van der Waals surface area contributed by atoms with E-state index in [1.807, 2.05) is 61.3 Å². The second-order valence-electron chi connectivity index (χ2n) is 22.3. The number of ether oxygens (including phenoxy) is 5. The number of hydrogen-bond acceptors (Lipinski definition) is 19. The predicted molar refractivity (Wildman–Crippen MR) is 358 cm³/mol. The van der Waals surface area contributed by atoms with E-state index in [1.165, 1.54) is 37.7 Å². The number of aliphatic imine (C=N–C) groups is 2. The summed E-state index contributed by atoms with van der Waals surface area (Å²) in [5.41, 5.74) is 5.88. The molecule has 4 atom stereocenters. The normalized spacial score (nSPS) is 15.9. The van der Waals surface area contributed by atoms with E-state index in [4.69, 9.17) is 33.7 Å². The Hall–Kier alpha value is -9.43. The van der Waals surface area contributed by atoms with Crippen LogP contribution in [0.25, 0.3) is 11.1 Å². The van der Waals surface area contributed by atoms with Gasteiger partial charge in [-0.05, 0) is 90.4 Å². The van der Waals surface area contributed by atoms with Crippen molar-refractivity contribution in [3.05, 3.63) is 114 Å². The molecule has 26 heteroatoms. The Balaban J connectivity index is 0.725. The molecule has 92 heavy (non-hydrogen) atoms. The summed E-state index contributed by atoms with van der Waals surface area (Å²) < 4.78 is 29.0. The minimum Gasteiger partial charge on any atom is -0.497 e. The summed E-state index contributed by atoms with van der Waals surface area (Å²) in [5, 5.41) is 16.9. The van der Waals surface area contributed by atoms with Crippen LogP contribution in [0.2, 0.25) is 0 Å². The molecule has 9 rings (SSSR count). The third-order valence-electron chi connectivity index (χ3n) is 15.4. The van der Waals surface area contributed by atoms with Gasteiger partial charge in [-0.1, -0.05) is 38.1 Å². The van der Waals surface area contributed by atoms with Crippen molar-refractivity contribution in [1.29, 1.82) is 0 Å². The Morgan fingerprint density at radius 1 is 0.587 bits per heavy atom. The van der Waals surface area contributed by atoms with Crippen molar-refractivity contribution in [2.24, 2.45) is 15.9 Å². The first-order valence-electron chi connectivity index (χ1n) is 30.2. The summed E-state index contributed by atoms with van der Waals surface area (Å²) in [6, 6.07) is 20.7. The van der Waals surface area contributed by atoms with Crippen LogP contribution < -0.4 is 55.6 Å². The molecule has 0 radical (unpaired) electrons. The van der Waals surface area contributed by atoms with Crippen molar-refractivity contribution < 1.29 is 57.2 Å². The van der Waals surface area contributed by atoms with Crippen LogP contribution in [-0.2, 0) is 24.0 Å². The lowest BCUT2D eigenvalue weighted by Crippen LogP contribution is -2.53. The Morgan fingerprint density at radius 3 is 1.64 bits per heavy atom. The van der Waals surface area contributed by atoms with Gasteiger partial charge in [-0.3, -0.25) is 48.9 Å². The molecular weight excluding hydrogens is 1220 g/mol. The smallest absolute Gasteiger partial charge is 0.260 e. The van der Waals surface area contributed by atoms with Crippen LogP contribution in [0.4, 0.5) is 34.6 Å². The minimum atomic E-state index is -0.961. The van der Waals surface area contributed by atoms with E-state index in [-0.39, 0.29) is 91.8 Å². The third-order valence-corrected chi connectivity index (χ3v) is 16.7. The zero-order valence-corrected chi connectivity index (χ0v) is 54.2. The van der Waals surface area contributed by atoms with Crippen molar-refractivity contribution in [2.75, 3.05) is 86.4 Å². The first-order valence-corrected chi connectivity index (χ1v) is 33.0. The van der Waals surface area contributed by atoms with Gasteiger partial charge in [0.1, 0.15) is 29.5 Å².